The van der Waals surface area contributed by atoms with Crippen molar-refractivity contribution >= 4 is 17.9 Å². The van der Waals surface area contributed by atoms with Gasteiger partial charge in [0, 0.05) is 12.8 Å². The number of quaternary nitrogens is 1. The van der Waals surface area contributed by atoms with E-state index in [2.05, 4.69) is 172 Å². The van der Waals surface area contributed by atoms with E-state index >= 15 is 0 Å². The number of carboxylic acids is 1. The molecule has 0 saturated heterocycles. The predicted molar refractivity (Wildman–Crippen MR) is 400 cm³/mol. The number of carbonyl (C=O) groups excluding carboxylic acids is 2. The predicted octanol–water partition coefficient (Wildman–Crippen LogP) is 24.0. The molecule has 93 heavy (non-hydrogen) atoms. The van der Waals surface area contributed by atoms with Gasteiger partial charge in [0.2, 0.25) is 0 Å². The number of ether oxygens (including phenoxy) is 4. The molecule has 9 heteroatoms. The SMILES string of the molecule is CC/C=C\C/C=C\C/C=C\C/C=C\C/C=C\C/C=C\C/C=C\C/C=C\CCCCCCCCC(=O)OC(COC(=O)CCCCCCCCCCCCCCCCCCCCCCC/C=C\C/C=C\C/C=C\C/C=C\C/C=C\CC)COC(OCC[N+](C)(C)C)C(=O)O. The molecule has 0 amide bonds. The van der Waals surface area contributed by atoms with Crippen molar-refractivity contribution in [3.8, 4) is 0 Å². The quantitative estimate of drug-likeness (QED) is 0.0211. The van der Waals surface area contributed by atoms with Crippen molar-refractivity contribution in [2.24, 2.45) is 0 Å². The van der Waals surface area contributed by atoms with Gasteiger partial charge in [-0.25, -0.2) is 4.79 Å². The summed E-state index contributed by atoms with van der Waals surface area (Å²) in [5, 5.41) is 9.76. The summed E-state index contributed by atoms with van der Waals surface area (Å²) in [6.07, 6.45) is 105. The Morgan fingerprint density at radius 3 is 0.860 bits per heavy atom. The number of carbonyl (C=O) groups is 3. The highest BCUT2D eigenvalue weighted by Gasteiger charge is 2.25. The number of hydrogen-bond acceptors (Lipinski definition) is 7. The van der Waals surface area contributed by atoms with E-state index in [-0.39, 0.29) is 32.2 Å². The first kappa shape index (κ1) is 87.9. The maximum atomic E-state index is 13.0. The summed E-state index contributed by atoms with van der Waals surface area (Å²) in [4.78, 5) is 37.7. The molecule has 0 aromatic heterocycles. The van der Waals surface area contributed by atoms with Crippen molar-refractivity contribution in [3.05, 3.63) is 158 Å². The van der Waals surface area contributed by atoms with E-state index in [0.717, 1.165) is 141 Å². The number of unbranched alkanes of at least 4 members (excludes halogenated alkanes) is 27. The van der Waals surface area contributed by atoms with Crippen molar-refractivity contribution in [2.45, 2.75) is 309 Å². The van der Waals surface area contributed by atoms with Crippen molar-refractivity contribution < 1.29 is 42.9 Å². The van der Waals surface area contributed by atoms with E-state index in [4.69, 9.17) is 18.9 Å². The number of rotatable bonds is 68. The number of hydrogen-bond donors (Lipinski definition) is 1. The monoisotopic (exact) mass is 1290 g/mol. The molecule has 0 bridgehead atoms. The van der Waals surface area contributed by atoms with Gasteiger partial charge < -0.3 is 28.5 Å². The van der Waals surface area contributed by atoms with Gasteiger partial charge in [-0.1, -0.05) is 320 Å². The number of allylic oxidation sites excluding steroid dienone is 26. The van der Waals surface area contributed by atoms with Crippen molar-refractivity contribution in [1.82, 2.24) is 0 Å². The molecule has 2 atom stereocenters. The summed E-state index contributed by atoms with van der Waals surface area (Å²) in [6, 6.07) is 0. The number of nitrogens with zero attached hydrogens (tertiary/aromatic N) is 1. The molecule has 528 valence electrons. The van der Waals surface area contributed by atoms with Gasteiger partial charge in [0.15, 0.2) is 6.10 Å². The third-order valence-corrected chi connectivity index (χ3v) is 15.8. The average Bonchev–Trinajstić information content (AvgIpc) is 3.38. The van der Waals surface area contributed by atoms with Crippen LogP contribution < -0.4 is 0 Å². The van der Waals surface area contributed by atoms with Gasteiger partial charge in [-0.05, 0) is 122 Å². The van der Waals surface area contributed by atoms with E-state index in [1.165, 1.54) is 122 Å². The van der Waals surface area contributed by atoms with E-state index in [0.29, 0.717) is 23.9 Å². The van der Waals surface area contributed by atoms with Crippen LogP contribution in [0.1, 0.15) is 296 Å². The van der Waals surface area contributed by atoms with Crippen LogP contribution in [0.2, 0.25) is 0 Å². The highest BCUT2D eigenvalue weighted by Crippen LogP contribution is 2.17. The molecular weight excluding hydrogens is 1150 g/mol. The molecule has 0 fully saturated rings. The molecule has 2 unspecified atom stereocenters. The Kier molecular flexibility index (Phi) is 68.8. The van der Waals surface area contributed by atoms with Crippen LogP contribution in [0.15, 0.2) is 158 Å². The van der Waals surface area contributed by atoms with E-state index in [1.54, 1.807) is 0 Å². The molecule has 0 heterocycles. The lowest BCUT2D eigenvalue weighted by Crippen LogP contribution is -2.40. The topological polar surface area (TPSA) is 108 Å². The fourth-order valence-corrected chi connectivity index (χ4v) is 10.1. The van der Waals surface area contributed by atoms with Crippen molar-refractivity contribution in [3.63, 3.8) is 0 Å². The minimum Gasteiger partial charge on any atom is -0.477 e. The maximum absolute atomic E-state index is 13.0. The summed E-state index contributed by atoms with van der Waals surface area (Å²) in [7, 11) is 5.97. The summed E-state index contributed by atoms with van der Waals surface area (Å²) in [6.45, 7) is 4.64. The van der Waals surface area contributed by atoms with E-state index < -0.39 is 24.3 Å². The van der Waals surface area contributed by atoms with E-state index in [1.807, 2.05) is 21.1 Å². The minimum absolute atomic E-state index is 0.178. The third-order valence-electron chi connectivity index (χ3n) is 15.8. The molecule has 0 aliphatic carbocycles. The molecule has 9 nitrogen and oxygen atoms in total. The Labute approximate surface area is 572 Å². The molecular formula is C84H140NO8+. The molecule has 0 rings (SSSR count). The zero-order valence-corrected chi connectivity index (χ0v) is 60.4. The third kappa shape index (κ3) is 74.2. The second-order valence-corrected chi connectivity index (χ2v) is 25.8. The summed E-state index contributed by atoms with van der Waals surface area (Å²) < 4.78 is 23.0. The fraction of sp³-hybridized carbons (Fsp3) is 0.655. The zero-order chi connectivity index (χ0) is 67.5. The summed E-state index contributed by atoms with van der Waals surface area (Å²) in [5.41, 5.74) is 0. The Hall–Kier alpha value is -5.09. The van der Waals surface area contributed by atoms with Crippen molar-refractivity contribution in [1.29, 1.82) is 0 Å². The first-order chi connectivity index (χ1) is 45.6. The van der Waals surface area contributed by atoms with Gasteiger partial charge in [0.05, 0.1) is 34.4 Å². The van der Waals surface area contributed by atoms with Crippen LogP contribution >= 0.6 is 0 Å². The Morgan fingerprint density at radius 1 is 0.323 bits per heavy atom. The van der Waals surface area contributed by atoms with E-state index in [9.17, 15) is 19.5 Å². The molecule has 0 aliphatic heterocycles. The number of carboxylic acid groups (broad SMARTS) is 1. The molecule has 0 aliphatic rings. The summed E-state index contributed by atoms with van der Waals surface area (Å²) in [5.74, 6) is -2.03. The maximum Gasteiger partial charge on any atom is 0.361 e. The lowest BCUT2D eigenvalue weighted by Gasteiger charge is -2.25. The highest BCUT2D eigenvalue weighted by atomic mass is 16.7. The van der Waals surface area contributed by atoms with Gasteiger partial charge >= 0.3 is 17.9 Å². The lowest BCUT2D eigenvalue weighted by molar-refractivity contribution is -0.870. The van der Waals surface area contributed by atoms with Crippen LogP contribution in [0, 0.1) is 0 Å². The average molecular weight is 1290 g/mol. The molecule has 0 radical (unpaired) electrons. The largest absolute Gasteiger partial charge is 0.477 e. The second-order valence-electron chi connectivity index (χ2n) is 25.8. The Balaban J connectivity index is 4.11. The normalized spacial score (nSPS) is 13.6. The van der Waals surface area contributed by atoms with Crippen molar-refractivity contribution in [2.75, 3.05) is 47.5 Å². The van der Waals surface area contributed by atoms with Gasteiger partial charge in [0.1, 0.15) is 13.2 Å². The number of likely N-dealkylation sites (N-methyl/N-ethyl adjacent to an activating group) is 1. The Morgan fingerprint density at radius 2 is 0.581 bits per heavy atom. The van der Waals surface area contributed by atoms with Crippen LogP contribution in [-0.2, 0) is 33.3 Å². The van der Waals surface area contributed by atoms with Crippen LogP contribution in [0.3, 0.4) is 0 Å². The smallest absolute Gasteiger partial charge is 0.361 e. The zero-order valence-electron chi connectivity index (χ0n) is 60.4. The molecule has 0 spiro atoms. The van der Waals surface area contributed by atoms with Crippen LogP contribution in [0.4, 0.5) is 0 Å². The molecule has 0 saturated carbocycles. The fourth-order valence-electron chi connectivity index (χ4n) is 10.1. The molecule has 0 aromatic carbocycles. The molecule has 0 aromatic rings. The van der Waals surface area contributed by atoms with Gasteiger partial charge in [-0.3, -0.25) is 9.59 Å². The van der Waals surface area contributed by atoms with Gasteiger partial charge in [-0.15, -0.1) is 0 Å². The number of aliphatic carboxylic acids is 1. The van der Waals surface area contributed by atoms with Crippen LogP contribution in [0.5, 0.6) is 0 Å². The minimum atomic E-state index is -1.52. The lowest BCUT2D eigenvalue weighted by atomic mass is 10.0. The molecule has 1 N–H and O–H groups in total. The van der Waals surface area contributed by atoms with Gasteiger partial charge in [-0.2, -0.15) is 0 Å². The summed E-state index contributed by atoms with van der Waals surface area (Å²) >= 11 is 0. The first-order valence-electron chi connectivity index (χ1n) is 37.6. The van der Waals surface area contributed by atoms with Crippen LogP contribution in [0.25, 0.3) is 0 Å². The van der Waals surface area contributed by atoms with Gasteiger partial charge in [0.25, 0.3) is 6.29 Å². The standard InChI is InChI=1S/C84H139NO8/c1-6-8-10-12-14-16-18-20-22-24-26-28-30-32-34-36-38-39-40-41-42-43-45-46-48-50-52-54-56-58-60-62-64-66-68-70-72-74-81(86)91-78-80(79-92-84(83(88)89)90-77-76-85(3,4)5)93-82(87)75-73-71-69-67-65-63-61-59-57-55-53-51-49-47-44-37-35-33-31-29-27-25-23-21-19-17-15-13-11-9-7-2/h8-11,14-17,20-23,26-29,32-35,44,47,51,53,57,59,80,84H,6-7,12-13,18-19,24-25,30-31,36-43,45-46,48-50,52,54-56,58,60-79H2,1-5H3/p+1/b10-8-,11-9-,16-14-,17-15-,22-20-,23-21-,28-26-,29-27-,34-32-,35-33-,47-44-,53-51-,59-57-. The first-order valence-corrected chi connectivity index (χ1v) is 37.6. The highest BCUT2D eigenvalue weighted by molar-refractivity contribution is 5.71. The Bertz CT molecular complexity index is 2090. The number of esters is 2. The second kappa shape index (κ2) is 72.7. The van der Waals surface area contributed by atoms with Crippen LogP contribution in [-0.4, -0.2) is 87.4 Å².